The van der Waals surface area contributed by atoms with Gasteiger partial charge in [-0.2, -0.15) is 114 Å². The number of hydrogen-bond donors (Lipinski definition) is 3. The van der Waals surface area contributed by atoms with Crippen molar-refractivity contribution in [1.82, 2.24) is 4.31 Å². The standard InChI is InChI=1S/C21H23F23N2O7S2/c1-46(2,6-7-47)5-3-4-45(8-10(48)9-54(49,50)51)55(52,53)21(43,44)19(38,39)17(34,35)15(30,31)13(26,27)11(22,23)12(24,25)14(28,29)16(32,33)18(36,37)20(40,41)42/h10,47-48H,3-9H2,1-2H3/p+1. The third-order valence-electron chi connectivity index (χ3n) is 7.23. The van der Waals surface area contributed by atoms with E-state index in [2.05, 4.69) is 0 Å². The van der Waals surface area contributed by atoms with E-state index in [0.29, 0.717) is 0 Å². The highest BCUT2D eigenvalue weighted by molar-refractivity contribution is 7.90. The van der Waals surface area contributed by atoms with Gasteiger partial charge in [-0.05, 0) is 0 Å². The predicted molar refractivity (Wildman–Crippen MR) is 132 cm³/mol. The van der Waals surface area contributed by atoms with Crippen LogP contribution < -0.4 is 0 Å². The Morgan fingerprint density at radius 3 is 1.15 bits per heavy atom. The first-order valence-corrected chi connectivity index (χ1v) is 16.5. The van der Waals surface area contributed by atoms with Crippen LogP contribution in [0.1, 0.15) is 6.42 Å². The van der Waals surface area contributed by atoms with Gasteiger partial charge < -0.3 is 14.7 Å². The summed E-state index contributed by atoms with van der Waals surface area (Å²) in [5.41, 5.74) is 0. The Balaban J connectivity index is 7.51. The SMILES string of the molecule is C[N+](C)(CCO)CCCN(CC(O)CS(=O)(=O)O)S(=O)(=O)C(F)(F)C(F)(F)C(F)(F)C(F)(F)C(F)(F)C(F)(F)C(F)(F)C(F)(F)C(F)(F)C(F)(F)C(F)(F)F. The van der Waals surface area contributed by atoms with E-state index in [0.717, 1.165) is 14.1 Å². The Kier molecular flexibility index (Phi) is 14.5. The number of alkyl halides is 23. The van der Waals surface area contributed by atoms with Crippen LogP contribution in [0.15, 0.2) is 0 Å². The highest BCUT2D eigenvalue weighted by atomic mass is 32.2. The summed E-state index contributed by atoms with van der Waals surface area (Å²) in [7, 11) is -11.3. The largest absolute Gasteiger partial charge is 0.460 e. The van der Waals surface area contributed by atoms with Crippen LogP contribution in [0.3, 0.4) is 0 Å². The minimum atomic E-state index is -9.70. The number of nitrogens with zero attached hydrogens (tertiary/aromatic N) is 2. The summed E-state index contributed by atoms with van der Waals surface area (Å²) >= 11 is 0. The lowest BCUT2D eigenvalue weighted by molar-refractivity contribution is -0.890. The third kappa shape index (κ3) is 8.63. The molecular weight excluding hydrogens is 893 g/mol. The van der Waals surface area contributed by atoms with E-state index in [1.54, 1.807) is 0 Å². The Morgan fingerprint density at radius 1 is 0.545 bits per heavy atom. The molecule has 0 heterocycles. The predicted octanol–water partition coefficient (Wildman–Crippen LogP) is 5.20. The molecule has 0 spiro atoms. The second kappa shape index (κ2) is 15.0. The molecular formula is C21H24F23N2O7S2+. The molecule has 9 nitrogen and oxygen atoms in total. The van der Waals surface area contributed by atoms with Gasteiger partial charge in [0.25, 0.3) is 20.1 Å². The molecule has 1 atom stereocenters. The zero-order chi connectivity index (χ0) is 45.1. The first kappa shape index (κ1) is 53.1. The van der Waals surface area contributed by atoms with Crippen molar-refractivity contribution in [2.45, 2.75) is 77.3 Å². The molecule has 0 saturated carbocycles. The average Bonchev–Trinajstić information content (AvgIpc) is 2.93. The summed E-state index contributed by atoms with van der Waals surface area (Å²) in [6.07, 6.45) is -12.4. The van der Waals surface area contributed by atoms with Crippen molar-refractivity contribution in [2.24, 2.45) is 0 Å². The van der Waals surface area contributed by atoms with Gasteiger partial charge in [-0.1, -0.05) is 0 Å². The van der Waals surface area contributed by atoms with Gasteiger partial charge in [0, 0.05) is 19.5 Å². The number of hydrogen-bond acceptors (Lipinski definition) is 6. The Bertz CT molecular complexity index is 1570. The maximum absolute atomic E-state index is 14.9. The normalized spacial score (nSPS) is 16.9. The molecule has 55 heavy (non-hydrogen) atoms. The van der Waals surface area contributed by atoms with Crippen LogP contribution in [0.25, 0.3) is 0 Å². The van der Waals surface area contributed by atoms with E-state index >= 15 is 0 Å². The molecule has 3 N–H and O–H groups in total. The van der Waals surface area contributed by atoms with E-state index in [9.17, 15) is 123 Å². The molecule has 0 rings (SSSR count). The van der Waals surface area contributed by atoms with Gasteiger partial charge in [-0.3, -0.25) is 4.55 Å². The van der Waals surface area contributed by atoms with E-state index in [4.69, 9.17) is 9.66 Å². The van der Waals surface area contributed by atoms with Crippen molar-refractivity contribution >= 4 is 20.1 Å². The van der Waals surface area contributed by atoms with Crippen LogP contribution in [-0.2, 0) is 20.1 Å². The quantitative estimate of drug-likeness (QED) is 0.0821. The zero-order valence-electron chi connectivity index (χ0n) is 26.4. The molecule has 332 valence electrons. The van der Waals surface area contributed by atoms with Crippen molar-refractivity contribution < 1.29 is 137 Å². The molecule has 34 heteroatoms. The first-order valence-electron chi connectivity index (χ1n) is 13.4. The fraction of sp³-hybridized carbons (Fsp3) is 1.00. The van der Waals surface area contributed by atoms with Crippen molar-refractivity contribution in [3.63, 3.8) is 0 Å². The fourth-order valence-electron chi connectivity index (χ4n) is 3.96. The summed E-state index contributed by atoms with van der Waals surface area (Å²) in [6, 6.07) is 0. The van der Waals surface area contributed by atoms with Crippen LogP contribution >= 0.6 is 0 Å². The average molecular weight is 918 g/mol. The number of aliphatic hydroxyl groups excluding tert-OH is 2. The summed E-state index contributed by atoms with van der Waals surface area (Å²) < 4.78 is 371. The maximum Gasteiger partial charge on any atom is 0.460 e. The fourth-order valence-corrected chi connectivity index (χ4v) is 6.07. The van der Waals surface area contributed by atoms with Crippen LogP contribution in [-0.4, -0.2) is 164 Å². The number of quaternary nitrogens is 1. The molecule has 0 radical (unpaired) electrons. The van der Waals surface area contributed by atoms with Crippen LogP contribution in [0.2, 0.25) is 0 Å². The maximum atomic E-state index is 14.9. The molecule has 0 amide bonds. The van der Waals surface area contributed by atoms with Gasteiger partial charge in [0.2, 0.25) is 0 Å². The molecule has 0 aliphatic carbocycles. The smallest absolute Gasteiger partial charge is 0.391 e. The van der Waals surface area contributed by atoms with Crippen molar-refractivity contribution in [3.8, 4) is 0 Å². The number of sulfonamides is 1. The van der Waals surface area contributed by atoms with Gasteiger partial charge >= 0.3 is 64.7 Å². The summed E-state index contributed by atoms with van der Waals surface area (Å²) in [4.78, 5) is 0. The van der Waals surface area contributed by atoms with E-state index in [-0.39, 0.29) is 6.54 Å². The topological polar surface area (TPSA) is 132 Å². The second-order valence-corrected chi connectivity index (χ2v) is 15.4. The van der Waals surface area contributed by atoms with Crippen LogP contribution in [0, 0.1) is 0 Å². The highest BCUT2D eigenvalue weighted by Gasteiger charge is 2.99. The van der Waals surface area contributed by atoms with Crippen LogP contribution in [0.4, 0.5) is 101 Å². The molecule has 1 unspecified atom stereocenters. The Labute approximate surface area is 292 Å². The van der Waals surface area contributed by atoms with Gasteiger partial charge in [-0.15, -0.1) is 0 Å². The molecule has 0 aromatic carbocycles. The lowest BCUT2D eigenvalue weighted by atomic mass is 9.86. The number of aliphatic hydroxyl groups is 2. The Hall–Kier alpha value is -1.91. The summed E-state index contributed by atoms with van der Waals surface area (Å²) in [5.74, 6) is -86.4. The molecule has 0 aromatic heterocycles. The van der Waals surface area contributed by atoms with Gasteiger partial charge in [0.05, 0.1) is 33.4 Å². The van der Waals surface area contributed by atoms with E-state index < -0.39 is 138 Å². The van der Waals surface area contributed by atoms with Crippen molar-refractivity contribution in [3.05, 3.63) is 0 Å². The van der Waals surface area contributed by atoms with Crippen molar-refractivity contribution in [2.75, 3.05) is 52.6 Å². The Morgan fingerprint density at radius 2 is 0.855 bits per heavy atom. The molecule has 0 aliphatic heterocycles. The number of rotatable bonds is 21. The lowest BCUT2D eigenvalue weighted by Gasteiger charge is -2.45. The first-order chi connectivity index (χ1) is 23.5. The molecule has 0 bridgehead atoms. The van der Waals surface area contributed by atoms with Gasteiger partial charge in [-0.25, -0.2) is 8.42 Å². The summed E-state index contributed by atoms with van der Waals surface area (Å²) in [5, 5.41) is 10.4. The minimum absolute atomic E-state index is 0.320. The minimum Gasteiger partial charge on any atom is -0.391 e. The highest BCUT2D eigenvalue weighted by Crippen LogP contribution is 2.67. The summed E-state index contributed by atoms with van der Waals surface area (Å²) in [6.45, 7) is -5.88. The number of likely N-dealkylation sites (N-methyl/N-ethyl adjacent to an activating group) is 1. The molecule has 0 saturated heterocycles. The number of halogens is 23. The van der Waals surface area contributed by atoms with E-state index in [1.165, 1.54) is 0 Å². The van der Waals surface area contributed by atoms with E-state index in [1.807, 2.05) is 0 Å². The van der Waals surface area contributed by atoms with Crippen LogP contribution in [0.5, 0.6) is 0 Å². The monoisotopic (exact) mass is 917 g/mol. The van der Waals surface area contributed by atoms with Crippen molar-refractivity contribution in [1.29, 1.82) is 0 Å². The van der Waals surface area contributed by atoms with Gasteiger partial charge in [0.1, 0.15) is 12.3 Å². The lowest BCUT2D eigenvalue weighted by Crippen LogP contribution is -2.78. The molecule has 0 fully saturated rings. The third-order valence-corrected chi connectivity index (χ3v) is 9.96. The van der Waals surface area contributed by atoms with Gasteiger partial charge in [0.15, 0.2) is 0 Å². The molecule has 0 aliphatic rings. The molecule has 0 aromatic rings. The second-order valence-electron chi connectivity index (χ2n) is 11.9. The zero-order valence-corrected chi connectivity index (χ0v) is 28.0.